The predicted molar refractivity (Wildman–Crippen MR) is 70.2 cm³/mol. The number of aryl methyl sites for hydroxylation is 2. The third-order valence-corrected chi connectivity index (χ3v) is 3.55. The number of nitrogens with zero attached hydrogens (tertiary/aromatic N) is 3. The Balaban J connectivity index is 2.71. The summed E-state index contributed by atoms with van der Waals surface area (Å²) >= 11 is 6.31. The van der Waals surface area contributed by atoms with Gasteiger partial charge in [-0.05, 0) is 24.6 Å². The Morgan fingerprint density at radius 2 is 2.12 bits per heavy atom. The highest BCUT2D eigenvalue weighted by Gasteiger charge is 2.16. The molecule has 0 radical (unpaired) electrons. The second kappa shape index (κ2) is 3.34. The first-order chi connectivity index (χ1) is 8.11. The van der Waals surface area contributed by atoms with Crippen molar-refractivity contribution in [2.75, 3.05) is 5.73 Å². The van der Waals surface area contributed by atoms with Gasteiger partial charge in [-0.15, -0.1) is 0 Å². The number of hydrogen-bond acceptors (Lipinski definition) is 3. The Kier molecular flexibility index (Phi) is 2.03. The number of halogens is 1. The lowest BCUT2D eigenvalue weighted by molar-refractivity contribution is 0.968. The first-order valence-corrected chi connectivity index (χ1v) is 5.63. The first kappa shape index (κ1) is 10.4. The topological polar surface area (TPSA) is 56.7 Å². The number of anilines is 1. The molecule has 0 saturated heterocycles. The summed E-state index contributed by atoms with van der Waals surface area (Å²) in [7, 11) is 1.89. The highest BCUT2D eigenvalue weighted by Crippen LogP contribution is 2.34. The molecule has 2 aromatic heterocycles. The van der Waals surface area contributed by atoms with Gasteiger partial charge in [0.15, 0.2) is 0 Å². The van der Waals surface area contributed by atoms with E-state index in [0.29, 0.717) is 11.0 Å². The fourth-order valence-electron chi connectivity index (χ4n) is 2.14. The molecule has 0 aliphatic rings. The molecule has 0 unspecified atom stereocenters. The minimum absolute atomic E-state index is 0.482. The van der Waals surface area contributed by atoms with Crippen molar-refractivity contribution in [3.63, 3.8) is 0 Å². The molecule has 17 heavy (non-hydrogen) atoms. The average molecular weight is 247 g/mol. The van der Waals surface area contributed by atoms with Crippen molar-refractivity contribution in [1.82, 2.24) is 14.5 Å². The van der Waals surface area contributed by atoms with E-state index in [1.165, 1.54) is 0 Å². The normalized spacial score (nSPS) is 11.5. The molecule has 2 heterocycles. The molecule has 5 heteroatoms. The van der Waals surface area contributed by atoms with Gasteiger partial charge in [0.05, 0.1) is 21.6 Å². The number of imidazole rings is 1. The molecule has 0 aliphatic heterocycles. The van der Waals surface area contributed by atoms with Crippen LogP contribution in [0.1, 0.15) is 5.56 Å². The maximum atomic E-state index is 6.31. The Labute approximate surface area is 103 Å². The van der Waals surface area contributed by atoms with Gasteiger partial charge in [0.2, 0.25) is 5.95 Å². The van der Waals surface area contributed by atoms with Crippen molar-refractivity contribution in [1.29, 1.82) is 0 Å². The summed E-state index contributed by atoms with van der Waals surface area (Å²) < 4.78 is 1.86. The molecule has 1 aromatic carbocycles. The van der Waals surface area contributed by atoms with E-state index in [-0.39, 0.29) is 0 Å². The third kappa shape index (κ3) is 1.24. The molecule has 3 rings (SSSR count). The Morgan fingerprint density at radius 3 is 2.88 bits per heavy atom. The van der Waals surface area contributed by atoms with Gasteiger partial charge in [0.25, 0.3) is 0 Å². The van der Waals surface area contributed by atoms with Gasteiger partial charge in [0.1, 0.15) is 0 Å². The quantitative estimate of drug-likeness (QED) is 0.664. The number of nitrogens with two attached hydrogens (primary N) is 1. The zero-order chi connectivity index (χ0) is 12.2. The maximum Gasteiger partial charge on any atom is 0.200 e. The number of pyridine rings is 1. The number of hydrogen-bond donors (Lipinski definition) is 1. The minimum Gasteiger partial charge on any atom is -0.369 e. The van der Waals surface area contributed by atoms with E-state index >= 15 is 0 Å². The molecule has 4 nitrogen and oxygen atoms in total. The van der Waals surface area contributed by atoms with Crippen LogP contribution in [0.5, 0.6) is 0 Å². The van der Waals surface area contributed by atoms with Gasteiger partial charge >= 0.3 is 0 Å². The fraction of sp³-hybridized carbons (Fsp3) is 0.167. The van der Waals surface area contributed by atoms with E-state index < -0.39 is 0 Å². The zero-order valence-corrected chi connectivity index (χ0v) is 10.3. The van der Waals surface area contributed by atoms with Gasteiger partial charge in [-0.1, -0.05) is 11.6 Å². The van der Waals surface area contributed by atoms with E-state index in [4.69, 9.17) is 17.3 Å². The number of rotatable bonds is 0. The molecule has 0 amide bonds. The summed E-state index contributed by atoms with van der Waals surface area (Å²) in [6.07, 6.45) is 1.74. The van der Waals surface area contributed by atoms with E-state index in [1.807, 2.05) is 30.7 Å². The summed E-state index contributed by atoms with van der Waals surface area (Å²) in [5, 5.41) is 1.62. The van der Waals surface area contributed by atoms with Crippen molar-refractivity contribution in [3.05, 3.63) is 28.9 Å². The zero-order valence-electron chi connectivity index (χ0n) is 9.53. The molecule has 86 valence electrons. The highest BCUT2D eigenvalue weighted by molar-refractivity contribution is 6.37. The molecule has 0 bridgehead atoms. The van der Waals surface area contributed by atoms with Crippen LogP contribution in [0.2, 0.25) is 5.02 Å². The van der Waals surface area contributed by atoms with Gasteiger partial charge in [-0.3, -0.25) is 4.98 Å². The lowest BCUT2D eigenvalue weighted by atomic mass is 10.1. The number of fused-ring (bicyclic) bond motifs is 3. The highest BCUT2D eigenvalue weighted by atomic mass is 35.5. The molecule has 0 aliphatic carbocycles. The fourth-order valence-corrected chi connectivity index (χ4v) is 2.38. The molecule has 0 fully saturated rings. The second-order valence-corrected chi connectivity index (χ2v) is 4.44. The van der Waals surface area contributed by atoms with Crippen LogP contribution in [0, 0.1) is 6.92 Å². The summed E-state index contributed by atoms with van der Waals surface area (Å²) in [6, 6.07) is 3.87. The molecule has 0 spiro atoms. The third-order valence-electron chi connectivity index (χ3n) is 3.08. The van der Waals surface area contributed by atoms with Gasteiger partial charge in [-0.2, -0.15) is 0 Å². The smallest absolute Gasteiger partial charge is 0.200 e. The molecular weight excluding hydrogens is 236 g/mol. The number of nitrogen functional groups attached to an aromatic ring is 1. The van der Waals surface area contributed by atoms with Crippen LogP contribution < -0.4 is 5.73 Å². The molecule has 0 atom stereocenters. The van der Waals surface area contributed by atoms with Crippen LogP contribution in [-0.2, 0) is 7.05 Å². The van der Waals surface area contributed by atoms with Crippen LogP contribution in [0.25, 0.3) is 21.9 Å². The second-order valence-electron chi connectivity index (χ2n) is 4.06. The van der Waals surface area contributed by atoms with Crippen LogP contribution in [0.3, 0.4) is 0 Å². The van der Waals surface area contributed by atoms with Gasteiger partial charge in [-0.25, -0.2) is 4.98 Å². The van der Waals surface area contributed by atoms with Crippen molar-refractivity contribution in [3.8, 4) is 0 Å². The van der Waals surface area contributed by atoms with Crippen molar-refractivity contribution in [2.45, 2.75) is 6.92 Å². The van der Waals surface area contributed by atoms with Gasteiger partial charge < -0.3 is 10.3 Å². The van der Waals surface area contributed by atoms with E-state index in [9.17, 15) is 0 Å². The SMILES string of the molecule is Cc1c(Cl)c2ncccc2c2c1nc(N)n2C. The number of aromatic nitrogens is 3. The molecular formula is C12H11ClN4. The number of benzene rings is 1. The molecule has 3 aromatic rings. The van der Waals surface area contributed by atoms with Crippen LogP contribution in [0.4, 0.5) is 5.95 Å². The predicted octanol–water partition coefficient (Wildman–Crippen LogP) is 2.67. The Hall–Kier alpha value is -1.81. The van der Waals surface area contributed by atoms with Crippen LogP contribution >= 0.6 is 11.6 Å². The molecule has 0 saturated carbocycles. The average Bonchev–Trinajstić information content (AvgIpc) is 2.63. The van der Waals surface area contributed by atoms with Crippen LogP contribution in [0.15, 0.2) is 18.3 Å². The van der Waals surface area contributed by atoms with Crippen molar-refractivity contribution < 1.29 is 0 Å². The standard InChI is InChI=1S/C12H11ClN4/c1-6-8(13)10-7(4-3-5-15-10)11-9(6)16-12(14)17(11)2/h3-5H,1-2H3,(H2,14,16). The Bertz CT molecular complexity index is 745. The lowest BCUT2D eigenvalue weighted by Crippen LogP contribution is -1.96. The minimum atomic E-state index is 0.482. The first-order valence-electron chi connectivity index (χ1n) is 5.26. The van der Waals surface area contributed by atoms with Gasteiger partial charge in [0, 0.05) is 18.6 Å². The summed E-state index contributed by atoms with van der Waals surface area (Å²) in [5.41, 5.74) is 9.38. The van der Waals surface area contributed by atoms with Crippen molar-refractivity contribution >= 4 is 39.5 Å². The van der Waals surface area contributed by atoms with E-state index in [2.05, 4.69) is 9.97 Å². The Morgan fingerprint density at radius 1 is 1.35 bits per heavy atom. The van der Waals surface area contributed by atoms with Crippen LogP contribution in [-0.4, -0.2) is 14.5 Å². The maximum absolute atomic E-state index is 6.31. The van der Waals surface area contributed by atoms with Crippen molar-refractivity contribution in [2.24, 2.45) is 7.05 Å². The van der Waals surface area contributed by atoms with E-state index in [0.717, 1.165) is 27.5 Å². The molecule has 2 N–H and O–H groups in total. The summed E-state index contributed by atoms with van der Waals surface area (Å²) in [4.78, 5) is 8.68. The monoisotopic (exact) mass is 246 g/mol. The lowest BCUT2D eigenvalue weighted by Gasteiger charge is -2.06. The summed E-state index contributed by atoms with van der Waals surface area (Å²) in [6.45, 7) is 1.94. The van der Waals surface area contributed by atoms with E-state index in [1.54, 1.807) is 6.20 Å². The summed E-state index contributed by atoms with van der Waals surface area (Å²) in [5.74, 6) is 0.482. The largest absolute Gasteiger partial charge is 0.369 e.